The maximum absolute atomic E-state index is 12.1. The topological polar surface area (TPSA) is 55.8 Å². The van der Waals surface area contributed by atoms with Crippen LogP contribution in [-0.4, -0.2) is 17.7 Å². The van der Waals surface area contributed by atoms with Crippen molar-refractivity contribution in [1.82, 2.24) is 0 Å². The van der Waals surface area contributed by atoms with Gasteiger partial charge < -0.3 is 14.6 Å². The fraction of sp³-hybridized carbons (Fsp3) is 0.190. The SMILES string of the molecule is CC(C)=C(C(=O)O)c1ccccc1COc1cc(Cl)c(OCC=C(F)F)c(Cl)c1. The largest absolute Gasteiger partial charge is 0.489 e. The molecule has 0 radical (unpaired) electrons. The van der Waals surface area contributed by atoms with E-state index in [1.165, 1.54) is 12.1 Å². The molecule has 0 aliphatic rings. The first-order chi connectivity index (χ1) is 13.7. The third kappa shape index (κ3) is 6.21. The van der Waals surface area contributed by atoms with Gasteiger partial charge in [-0.3, -0.25) is 0 Å². The molecule has 154 valence electrons. The third-order valence-corrected chi connectivity index (χ3v) is 4.39. The van der Waals surface area contributed by atoms with E-state index in [-0.39, 0.29) is 34.6 Å². The Morgan fingerprint density at radius 1 is 1.10 bits per heavy atom. The molecular weight excluding hydrogens is 425 g/mol. The van der Waals surface area contributed by atoms with Gasteiger partial charge in [-0.2, -0.15) is 8.78 Å². The number of hydrogen-bond acceptors (Lipinski definition) is 3. The molecule has 29 heavy (non-hydrogen) atoms. The van der Waals surface area contributed by atoms with Crippen LogP contribution in [0.4, 0.5) is 8.78 Å². The second kappa shape index (κ2) is 10.3. The van der Waals surface area contributed by atoms with Crippen LogP contribution >= 0.6 is 23.2 Å². The number of rotatable bonds is 8. The van der Waals surface area contributed by atoms with Crippen molar-refractivity contribution < 1.29 is 28.2 Å². The van der Waals surface area contributed by atoms with Gasteiger partial charge in [-0.05, 0) is 25.0 Å². The second-order valence-electron chi connectivity index (χ2n) is 6.15. The van der Waals surface area contributed by atoms with Crippen LogP contribution in [0.25, 0.3) is 5.57 Å². The van der Waals surface area contributed by atoms with Crippen LogP contribution in [0.2, 0.25) is 10.0 Å². The van der Waals surface area contributed by atoms with Gasteiger partial charge in [-0.1, -0.05) is 53.0 Å². The number of carboxylic acids is 1. The van der Waals surface area contributed by atoms with E-state index >= 15 is 0 Å². The quantitative estimate of drug-likeness (QED) is 0.467. The standard InChI is InChI=1S/C21H18Cl2F2O4/c1-12(2)19(21(26)27)15-6-4-3-5-13(15)11-29-14-9-16(22)20(17(23)10-14)28-8-7-18(24)25/h3-7,9-10H,8,11H2,1-2H3,(H,26,27). The molecule has 0 aliphatic carbocycles. The Morgan fingerprint density at radius 3 is 2.28 bits per heavy atom. The zero-order valence-electron chi connectivity index (χ0n) is 15.6. The highest BCUT2D eigenvalue weighted by Crippen LogP contribution is 2.37. The number of ether oxygens (including phenoxy) is 2. The van der Waals surface area contributed by atoms with Gasteiger partial charge in [-0.25, -0.2) is 4.79 Å². The van der Waals surface area contributed by atoms with E-state index in [0.29, 0.717) is 28.5 Å². The summed E-state index contributed by atoms with van der Waals surface area (Å²) >= 11 is 12.2. The summed E-state index contributed by atoms with van der Waals surface area (Å²) in [6.45, 7) is 3.14. The summed E-state index contributed by atoms with van der Waals surface area (Å²) < 4.78 is 35.1. The maximum Gasteiger partial charge on any atom is 0.336 e. The van der Waals surface area contributed by atoms with E-state index in [2.05, 4.69) is 0 Å². The first kappa shape index (κ1) is 22.7. The van der Waals surface area contributed by atoms with Crippen molar-refractivity contribution in [3.8, 4) is 11.5 Å². The smallest absolute Gasteiger partial charge is 0.336 e. The Bertz CT molecular complexity index is 940. The number of carbonyl (C=O) groups is 1. The van der Waals surface area contributed by atoms with Gasteiger partial charge in [0.05, 0.1) is 15.6 Å². The van der Waals surface area contributed by atoms with Gasteiger partial charge >= 0.3 is 5.97 Å². The predicted octanol–water partition coefficient (Wildman–Crippen LogP) is 6.61. The lowest BCUT2D eigenvalue weighted by Gasteiger charge is -2.14. The predicted molar refractivity (Wildman–Crippen MR) is 109 cm³/mol. The first-order valence-electron chi connectivity index (χ1n) is 8.45. The van der Waals surface area contributed by atoms with Crippen LogP contribution in [0.5, 0.6) is 11.5 Å². The van der Waals surface area contributed by atoms with Crippen LogP contribution in [-0.2, 0) is 11.4 Å². The molecule has 0 saturated carbocycles. The van der Waals surface area contributed by atoms with E-state index in [4.69, 9.17) is 32.7 Å². The summed E-state index contributed by atoms with van der Waals surface area (Å²) in [6, 6.07) is 9.89. The number of benzene rings is 2. The summed E-state index contributed by atoms with van der Waals surface area (Å²) in [4.78, 5) is 11.6. The third-order valence-electron chi connectivity index (χ3n) is 3.83. The Hall–Kier alpha value is -2.57. The highest BCUT2D eigenvalue weighted by atomic mass is 35.5. The second-order valence-corrected chi connectivity index (χ2v) is 6.96. The lowest BCUT2D eigenvalue weighted by molar-refractivity contribution is -0.130. The minimum absolute atomic E-state index is 0.0660. The zero-order valence-corrected chi connectivity index (χ0v) is 17.2. The van der Waals surface area contributed by atoms with Crippen molar-refractivity contribution in [2.45, 2.75) is 20.5 Å². The Morgan fingerprint density at radius 2 is 1.72 bits per heavy atom. The van der Waals surface area contributed by atoms with Gasteiger partial charge in [0.2, 0.25) is 0 Å². The molecule has 1 N–H and O–H groups in total. The van der Waals surface area contributed by atoms with Gasteiger partial charge in [0.25, 0.3) is 6.08 Å². The zero-order chi connectivity index (χ0) is 21.6. The number of carboxylic acid groups (broad SMARTS) is 1. The van der Waals surface area contributed by atoms with Crippen molar-refractivity contribution in [2.24, 2.45) is 0 Å². The van der Waals surface area contributed by atoms with Crippen LogP contribution in [0.3, 0.4) is 0 Å². The van der Waals surface area contributed by atoms with E-state index in [0.717, 1.165) is 0 Å². The van der Waals surface area contributed by atoms with Crippen LogP contribution in [0.1, 0.15) is 25.0 Å². The molecule has 2 aromatic rings. The summed E-state index contributed by atoms with van der Waals surface area (Å²) in [5.41, 5.74) is 2.09. The fourth-order valence-electron chi connectivity index (χ4n) is 2.60. The molecular formula is C21H18Cl2F2O4. The monoisotopic (exact) mass is 442 g/mol. The minimum atomic E-state index is -1.87. The van der Waals surface area contributed by atoms with E-state index in [1.807, 2.05) is 0 Å². The molecule has 0 aliphatic heterocycles. The number of hydrogen-bond donors (Lipinski definition) is 1. The molecule has 2 rings (SSSR count). The Labute approximate surface area is 177 Å². The van der Waals surface area contributed by atoms with Crippen LogP contribution in [0, 0.1) is 0 Å². The molecule has 0 fully saturated rings. The summed E-state index contributed by atoms with van der Waals surface area (Å²) in [6.07, 6.45) is -1.27. The number of halogens is 4. The number of allylic oxidation sites excluding steroid dienone is 1. The van der Waals surface area contributed by atoms with E-state index in [1.54, 1.807) is 38.1 Å². The summed E-state index contributed by atoms with van der Waals surface area (Å²) in [5.74, 6) is -0.636. The Kier molecular flexibility index (Phi) is 8.05. The van der Waals surface area contributed by atoms with Gasteiger partial charge in [-0.15, -0.1) is 0 Å². The highest BCUT2D eigenvalue weighted by Gasteiger charge is 2.17. The molecule has 0 heterocycles. The molecule has 0 atom stereocenters. The van der Waals surface area contributed by atoms with Gasteiger partial charge in [0.1, 0.15) is 19.0 Å². The van der Waals surface area contributed by atoms with E-state index in [9.17, 15) is 18.7 Å². The molecule has 2 aromatic carbocycles. The molecule has 0 saturated heterocycles. The minimum Gasteiger partial charge on any atom is -0.489 e. The van der Waals surface area contributed by atoms with Crippen molar-refractivity contribution in [2.75, 3.05) is 6.61 Å². The molecule has 8 heteroatoms. The maximum atomic E-state index is 12.1. The average molecular weight is 443 g/mol. The van der Waals surface area contributed by atoms with Crippen LogP contribution < -0.4 is 9.47 Å². The Balaban J connectivity index is 2.22. The molecule has 4 nitrogen and oxygen atoms in total. The fourth-order valence-corrected chi connectivity index (χ4v) is 3.17. The van der Waals surface area contributed by atoms with Crippen molar-refractivity contribution in [1.29, 1.82) is 0 Å². The lowest BCUT2D eigenvalue weighted by atomic mass is 9.97. The highest BCUT2D eigenvalue weighted by molar-refractivity contribution is 6.37. The van der Waals surface area contributed by atoms with E-state index < -0.39 is 12.0 Å². The summed E-state index contributed by atoms with van der Waals surface area (Å²) in [7, 11) is 0. The first-order valence-corrected chi connectivity index (χ1v) is 9.21. The summed E-state index contributed by atoms with van der Waals surface area (Å²) in [5, 5.41) is 9.72. The van der Waals surface area contributed by atoms with Crippen molar-refractivity contribution in [3.05, 3.63) is 75.3 Å². The lowest BCUT2D eigenvalue weighted by Crippen LogP contribution is -2.07. The van der Waals surface area contributed by atoms with Gasteiger partial charge in [0, 0.05) is 18.2 Å². The molecule has 0 unspecified atom stereocenters. The number of aliphatic carboxylic acids is 1. The molecule has 0 amide bonds. The van der Waals surface area contributed by atoms with Crippen LogP contribution in [0.15, 0.2) is 54.1 Å². The van der Waals surface area contributed by atoms with Crippen molar-refractivity contribution in [3.63, 3.8) is 0 Å². The van der Waals surface area contributed by atoms with Crippen molar-refractivity contribution >= 4 is 34.7 Å². The molecule has 0 spiro atoms. The van der Waals surface area contributed by atoms with Gasteiger partial charge in [0.15, 0.2) is 5.75 Å². The molecule has 0 bridgehead atoms. The average Bonchev–Trinajstić information content (AvgIpc) is 2.62. The molecule has 0 aromatic heterocycles. The normalized spacial score (nSPS) is 10.3.